The molecule has 1 aliphatic rings. The van der Waals surface area contributed by atoms with E-state index in [1.165, 1.54) is 12.3 Å². The Morgan fingerprint density at radius 3 is 2.59 bits per heavy atom. The van der Waals surface area contributed by atoms with Crippen LogP contribution in [0, 0.1) is 0 Å². The van der Waals surface area contributed by atoms with Gasteiger partial charge in [0.2, 0.25) is 0 Å². The molecule has 2 heterocycles. The molecule has 0 atom stereocenters. The molecule has 4 nitrogen and oxygen atoms in total. The van der Waals surface area contributed by atoms with Crippen LogP contribution in [0.4, 0.5) is 5.69 Å². The Morgan fingerprint density at radius 1 is 1.04 bits per heavy atom. The van der Waals surface area contributed by atoms with Crippen LogP contribution in [-0.4, -0.2) is 16.7 Å². The summed E-state index contributed by atoms with van der Waals surface area (Å²) in [6.07, 6.45) is 4.43. The van der Waals surface area contributed by atoms with E-state index in [0.29, 0.717) is 34.0 Å². The molecule has 1 aromatic heterocycles. The molecular weight excluding hydrogens is 360 g/mol. The van der Waals surface area contributed by atoms with Crippen molar-refractivity contribution in [1.82, 2.24) is 4.98 Å². The maximum absolute atomic E-state index is 13.1. The topological polar surface area (TPSA) is 50.3 Å². The molecular formula is C22H15ClN2O2. The van der Waals surface area contributed by atoms with Crippen LogP contribution >= 0.6 is 11.6 Å². The minimum atomic E-state index is -0.279. The molecule has 132 valence electrons. The van der Waals surface area contributed by atoms with Gasteiger partial charge in [0, 0.05) is 23.5 Å². The number of rotatable bonds is 4. The standard InChI is InChI=1S/C22H15ClN2O2/c23-18-9-4-10-19-21(18)17(12-20(26)16-8-5-11-24-13-16)22(27)25(19)14-15-6-2-1-3-7-15/h1-13H,14H2. The second-order valence-corrected chi connectivity index (χ2v) is 6.58. The fraction of sp³-hybridized carbons (Fsp3) is 0.0455. The second-order valence-electron chi connectivity index (χ2n) is 6.17. The van der Waals surface area contributed by atoms with E-state index >= 15 is 0 Å². The zero-order valence-corrected chi connectivity index (χ0v) is 15.1. The Balaban J connectivity index is 1.77. The first kappa shape index (κ1) is 17.2. The fourth-order valence-corrected chi connectivity index (χ4v) is 3.42. The maximum Gasteiger partial charge on any atom is 0.259 e. The van der Waals surface area contributed by atoms with Crippen LogP contribution in [0.3, 0.4) is 0 Å². The lowest BCUT2D eigenvalue weighted by Gasteiger charge is -2.17. The van der Waals surface area contributed by atoms with E-state index < -0.39 is 0 Å². The molecule has 0 bridgehead atoms. The molecule has 0 saturated heterocycles. The molecule has 1 aliphatic heterocycles. The smallest absolute Gasteiger partial charge is 0.259 e. The molecule has 5 heteroatoms. The van der Waals surface area contributed by atoms with Gasteiger partial charge in [-0.2, -0.15) is 0 Å². The van der Waals surface area contributed by atoms with E-state index in [0.717, 1.165) is 5.56 Å². The lowest BCUT2D eigenvalue weighted by molar-refractivity contribution is -0.113. The Hall–Kier alpha value is -3.24. The summed E-state index contributed by atoms with van der Waals surface area (Å²) in [6.45, 7) is 0.408. The number of carbonyl (C=O) groups excluding carboxylic acids is 2. The number of pyridine rings is 1. The first-order valence-corrected chi connectivity index (χ1v) is 8.83. The van der Waals surface area contributed by atoms with Gasteiger partial charge in [0.15, 0.2) is 5.78 Å². The average molecular weight is 375 g/mol. The molecule has 0 saturated carbocycles. The maximum atomic E-state index is 13.1. The van der Waals surface area contributed by atoms with Crippen molar-refractivity contribution in [1.29, 1.82) is 0 Å². The van der Waals surface area contributed by atoms with Gasteiger partial charge in [-0.15, -0.1) is 0 Å². The molecule has 3 aromatic rings. The number of aromatic nitrogens is 1. The molecule has 0 unspecified atom stereocenters. The predicted molar refractivity (Wildman–Crippen MR) is 106 cm³/mol. The Kier molecular flexibility index (Phi) is 4.57. The summed E-state index contributed by atoms with van der Waals surface area (Å²) < 4.78 is 0. The van der Waals surface area contributed by atoms with Gasteiger partial charge in [0.25, 0.3) is 5.91 Å². The van der Waals surface area contributed by atoms with Crippen LogP contribution in [-0.2, 0) is 11.3 Å². The zero-order valence-electron chi connectivity index (χ0n) is 14.3. The molecule has 0 aliphatic carbocycles. The van der Waals surface area contributed by atoms with Gasteiger partial charge in [-0.25, -0.2) is 0 Å². The number of ketones is 1. The van der Waals surface area contributed by atoms with E-state index in [1.807, 2.05) is 36.4 Å². The van der Waals surface area contributed by atoms with Crippen molar-refractivity contribution in [3.63, 3.8) is 0 Å². The van der Waals surface area contributed by atoms with Gasteiger partial charge in [0.1, 0.15) is 0 Å². The van der Waals surface area contributed by atoms with Crippen molar-refractivity contribution in [2.75, 3.05) is 4.90 Å². The zero-order chi connectivity index (χ0) is 18.8. The average Bonchev–Trinajstić information content (AvgIpc) is 2.96. The summed E-state index contributed by atoms with van der Waals surface area (Å²) in [5.74, 6) is -0.516. The number of halogens is 1. The third-order valence-electron chi connectivity index (χ3n) is 4.43. The minimum absolute atomic E-state index is 0.237. The Labute approximate surface area is 161 Å². The van der Waals surface area contributed by atoms with Crippen LogP contribution in [0.1, 0.15) is 21.5 Å². The Morgan fingerprint density at radius 2 is 1.85 bits per heavy atom. The molecule has 1 amide bonds. The molecule has 27 heavy (non-hydrogen) atoms. The minimum Gasteiger partial charge on any atom is -0.303 e. The van der Waals surface area contributed by atoms with Crippen LogP contribution in [0.25, 0.3) is 5.57 Å². The van der Waals surface area contributed by atoms with E-state index in [9.17, 15) is 9.59 Å². The molecule has 0 spiro atoms. The summed E-state index contributed by atoms with van der Waals surface area (Å²) in [5, 5.41) is 0.446. The van der Waals surface area contributed by atoms with Crippen LogP contribution in [0.15, 0.2) is 79.1 Å². The largest absolute Gasteiger partial charge is 0.303 e. The third kappa shape index (κ3) is 3.27. The number of anilines is 1. The first-order valence-electron chi connectivity index (χ1n) is 8.46. The highest BCUT2D eigenvalue weighted by Gasteiger charge is 2.34. The van der Waals surface area contributed by atoms with Gasteiger partial charge in [0.05, 0.1) is 22.8 Å². The second kappa shape index (κ2) is 7.17. The van der Waals surface area contributed by atoms with E-state index in [1.54, 1.807) is 35.4 Å². The summed E-state index contributed by atoms with van der Waals surface area (Å²) in [4.78, 5) is 31.3. The number of allylic oxidation sites excluding steroid dienone is 1. The summed E-state index contributed by atoms with van der Waals surface area (Å²) in [6, 6.07) is 18.4. The molecule has 2 aromatic carbocycles. The highest BCUT2D eigenvalue weighted by Crippen LogP contribution is 2.41. The molecule has 0 fully saturated rings. The number of hydrogen-bond acceptors (Lipinski definition) is 3. The van der Waals surface area contributed by atoms with E-state index in [-0.39, 0.29) is 11.7 Å². The molecule has 0 radical (unpaired) electrons. The predicted octanol–water partition coefficient (Wildman–Crippen LogP) is 4.55. The highest BCUT2D eigenvalue weighted by atomic mass is 35.5. The molecule has 0 N–H and O–H groups in total. The lowest BCUT2D eigenvalue weighted by Crippen LogP contribution is -2.25. The highest BCUT2D eigenvalue weighted by molar-refractivity contribution is 6.41. The third-order valence-corrected chi connectivity index (χ3v) is 4.75. The van der Waals surface area contributed by atoms with Gasteiger partial charge in [-0.05, 0) is 35.9 Å². The SMILES string of the molecule is O=C(C=C1C(=O)N(Cc2ccccc2)c2cccc(Cl)c21)c1cccnc1. The number of benzene rings is 2. The number of fused-ring (bicyclic) bond motifs is 1. The van der Waals surface area contributed by atoms with Gasteiger partial charge in [-0.3, -0.25) is 14.6 Å². The van der Waals surface area contributed by atoms with Crippen molar-refractivity contribution in [3.8, 4) is 0 Å². The van der Waals surface area contributed by atoms with Crippen molar-refractivity contribution >= 4 is 34.6 Å². The van der Waals surface area contributed by atoms with Gasteiger partial charge >= 0.3 is 0 Å². The van der Waals surface area contributed by atoms with Crippen molar-refractivity contribution in [2.24, 2.45) is 0 Å². The van der Waals surface area contributed by atoms with E-state index in [2.05, 4.69) is 4.98 Å². The molecule has 4 rings (SSSR count). The summed E-state index contributed by atoms with van der Waals surface area (Å²) in [7, 11) is 0. The Bertz CT molecular complexity index is 1050. The van der Waals surface area contributed by atoms with E-state index in [4.69, 9.17) is 11.6 Å². The van der Waals surface area contributed by atoms with Crippen LogP contribution < -0.4 is 4.90 Å². The monoisotopic (exact) mass is 374 g/mol. The number of amides is 1. The quantitative estimate of drug-likeness (QED) is 0.497. The fourth-order valence-electron chi connectivity index (χ4n) is 3.15. The van der Waals surface area contributed by atoms with Crippen molar-refractivity contribution < 1.29 is 9.59 Å². The summed E-state index contributed by atoms with van der Waals surface area (Å²) in [5.41, 5.74) is 3.03. The normalized spacial score (nSPS) is 14.5. The number of hydrogen-bond donors (Lipinski definition) is 0. The first-order chi connectivity index (χ1) is 13.1. The number of nitrogens with zero attached hydrogens (tertiary/aromatic N) is 2. The van der Waals surface area contributed by atoms with Gasteiger partial charge < -0.3 is 4.90 Å². The van der Waals surface area contributed by atoms with Crippen LogP contribution in [0.2, 0.25) is 5.02 Å². The van der Waals surface area contributed by atoms with Crippen molar-refractivity contribution in [2.45, 2.75) is 6.54 Å². The lowest BCUT2D eigenvalue weighted by atomic mass is 10.0. The number of carbonyl (C=O) groups is 2. The van der Waals surface area contributed by atoms with Crippen molar-refractivity contribution in [3.05, 3.63) is 101 Å². The van der Waals surface area contributed by atoms with Gasteiger partial charge in [-0.1, -0.05) is 48.0 Å². The summed E-state index contributed by atoms with van der Waals surface area (Å²) >= 11 is 6.38. The van der Waals surface area contributed by atoms with Crippen LogP contribution in [0.5, 0.6) is 0 Å².